The standard InChI is InChI=1S/C15H13BrClF2N/c1-15(20,11-4-3-10(16)7-12(11)17)8-9-2-5-13(18)14(19)6-9/h2-7H,8,20H2,1H3. The van der Waals surface area contributed by atoms with E-state index in [4.69, 9.17) is 17.3 Å². The second-order valence-corrected chi connectivity index (χ2v) is 6.29. The summed E-state index contributed by atoms with van der Waals surface area (Å²) in [6, 6.07) is 9.21. The van der Waals surface area contributed by atoms with Crippen LogP contribution >= 0.6 is 27.5 Å². The second kappa shape index (κ2) is 5.80. The van der Waals surface area contributed by atoms with Crippen LogP contribution in [0.1, 0.15) is 18.1 Å². The molecule has 1 unspecified atom stereocenters. The largest absolute Gasteiger partial charge is 0.321 e. The van der Waals surface area contributed by atoms with Crippen LogP contribution in [0.25, 0.3) is 0 Å². The Morgan fingerprint density at radius 2 is 1.85 bits per heavy atom. The van der Waals surface area contributed by atoms with E-state index in [0.29, 0.717) is 17.0 Å². The van der Waals surface area contributed by atoms with Gasteiger partial charge >= 0.3 is 0 Å². The maximum atomic E-state index is 13.2. The molecule has 2 N–H and O–H groups in total. The molecular weight excluding hydrogens is 348 g/mol. The van der Waals surface area contributed by atoms with E-state index in [2.05, 4.69) is 15.9 Å². The highest BCUT2D eigenvalue weighted by atomic mass is 79.9. The van der Waals surface area contributed by atoms with Gasteiger partial charge in [-0.25, -0.2) is 8.78 Å². The molecule has 0 saturated carbocycles. The highest BCUT2D eigenvalue weighted by Crippen LogP contribution is 2.31. The molecule has 106 valence electrons. The summed E-state index contributed by atoms with van der Waals surface area (Å²) in [5, 5.41) is 0.534. The van der Waals surface area contributed by atoms with Gasteiger partial charge in [-0.15, -0.1) is 0 Å². The fourth-order valence-corrected chi connectivity index (χ4v) is 3.01. The lowest BCUT2D eigenvalue weighted by atomic mass is 9.86. The monoisotopic (exact) mass is 359 g/mol. The molecule has 0 aliphatic heterocycles. The quantitative estimate of drug-likeness (QED) is 0.836. The number of nitrogens with two attached hydrogens (primary N) is 1. The third-order valence-electron chi connectivity index (χ3n) is 3.10. The number of rotatable bonds is 3. The molecule has 0 spiro atoms. The van der Waals surface area contributed by atoms with Gasteiger partial charge < -0.3 is 5.73 Å². The Labute approximate surface area is 129 Å². The van der Waals surface area contributed by atoms with E-state index in [0.717, 1.165) is 22.2 Å². The molecule has 0 saturated heterocycles. The van der Waals surface area contributed by atoms with Crippen molar-refractivity contribution in [3.05, 3.63) is 68.7 Å². The minimum absolute atomic E-state index is 0.353. The first-order valence-electron chi connectivity index (χ1n) is 5.98. The number of benzene rings is 2. The van der Waals surface area contributed by atoms with Gasteiger partial charge in [-0.3, -0.25) is 0 Å². The molecule has 0 aliphatic rings. The first kappa shape index (κ1) is 15.4. The number of halogens is 4. The van der Waals surface area contributed by atoms with Crippen molar-refractivity contribution in [3.63, 3.8) is 0 Å². The summed E-state index contributed by atoms with van der Waals surface area (Å²) in [5.74, 6) is -1.74. The predicted octanol–water partition coefficient (Wildman–Crippen LogP) is 4.80. The van der Waals surface area contributed by atoms with Crippen LogP contribution < -0.4 is 5.73 Å². The van der Waals surface area contributed by atoms with Crippen molar-refractivity contribution in [2.45, 2.75) is 18.9 Å². The van der Waals surface area contributed by atoms with Crippen LogP contribution in [0.3, 0.4) is 0 Å². The Morgan fingerprint density at radius 3 is 2.45 bits per heavy atom. The predicted molar refractivity (Wildman–Crippen MR) is 80.8 cm³/mol. The maximum absolute atomic E-state index is 13.2. The summed E-state index contributed by atoms with van der Waals surface area (Å²) in [5.41, 5.74) is 6.89. The minimum atomic E-state index is -0.875. The summed E-state index contributed by atoms with van der Waals surface area (Å²) >= 11 is 9.52. The van der Waals surface area contributed by atoms with E-state index < -0.39 is 17.2 Å². The fraction of sp³-hybridized carbons (Fsp3) is 0.200. The molecule has 0 aromatic heterocycles. The molecule has 2 aromatic rings. The van der Waals surface area contributed by atoms with Crippen LogP contribution in [-0.2, 0) is 12.0 Å². The van der Waals surface area contributed by atoms with Crippen LogP contribution in [0.15, 0.2) is 40.9 Å². The normalized spacial score (nSPS) is 14.1. The third kappa shape index (κ3) is 3.37. The minimum Gasteiger partial charge on any atom is -0.321 e. The van der Waals surface area contributed by atoms with Crippen molar-refractivity contribution in [2.75, 3.05) is 0 Å². The van der Waals surface area contributed by atoms with E-state index in [1.54, 1.807) is 6.07 Å². The molecular formula is C15H13BrClF2N. The van der Waals surface area contributed by atoms with E-state index >= 15 is 0 Å². The van der Waals surface area contributed by atoms with Crippen molar-refractivity contribution < 1.29 is 8.78 Å². The Kier molecular flexibility index (Phi) is 4.47. The SMILES string of the molecule is CC(N)(Cc1ccc(F)c(F)c1)c1ccc(Br)cc1Cl. The van der Waals surface area contributed by atoms with Gasteiger partial charge in [0.25, 0.3) is 0 Å². The van der Waals surface area contributed by atoms with Crippen molar-refractivity contribution in [1.82, 2.24) is 0 Å². The first-order valence-corrected chi connectivity index (χ1v) is 7.15. The lowest BCUT2D eigenvalue weighted by Gasteiger charge is -2.26. The summed E-state index contributed by atoms with van der Waals surface area (Å²) in [6.07, 6.45) is 0.353. The lowest BCUT2D eigenvalue weighted by molar-refractivity contribution is 0.480. The van der Waals surface area contributed by atoms with Crippen LogP contribution in [0, 0.1) is 11.6 Å². The molecule has 1 nitrogen and oxygen atoms in total. The molecule has 2 rings (SSSR count). The zero-order valence-corrected chi connectivity index (χ0v) is 13.1. The molecule has 5 heteroatoms. The fourth-order valence-electron chi connectivity index (χ4n) is 2.12. The number of hydrogen-bond acceptors (Lipinski definition) is 1. The van der Waals surface area contributed by atoms with Crippen molar-refractivity contribution in [2.24, 2.45) is 5.73 Å². The highest BCUT2D eigenvalue weighted by Gasteiger charge is 2.25. The highest BCUT2D eigenvalue weighted by molar-refractivity contribution is 9.10. The molecule has 0 fully saturated rings. The second-order valence-electron chi connectivity index (χ2n) is 4.97. The molecule has 0 aliphatic carbocycles. The van der Waals surface area contributed by atoms with Crippen LogP contribution in [0.4, 0.5) is 8.78 Å². The molecule has 0 bridgehead atoms. The van der Waals surface area contributed by atoms with Gasteiger partial charge in [0, 0.05) is 15.0 Å². The van der Waals surface area contributed by atoms with Crippen LogP contribution in [-0.4, -0.2) is 0 Å². The Balaban J connectivity index is 2.32. The maximum Gasteiger partial charge on any atom is 0.159 e. The number of hydrogen-bond donors (Lipinski definition) is 1. The van der Waals surface area contributed by atoms with Gasteiger partial charge in [-0.1, -0.05) is 39.7 Å². The molecule has 0 heterocycles. The van der Waals surface area contributed by atoms with Gasteiger partial charge in [-0.2, -0.15) is 0 Å². The van der Waals surface area contributed by atoms with Gasteiger partial charge in [0.2, 0.25) is 0 Å². The van der Waals surface area contributed by atoms with Crippen LogP contribution in [0.2, 0.25) is 5.02 Å². The molecule has 2 aromatic carbocycles. The average molecular weight is 361 g/mol. The Hall–Kier alpha value is -0.970. The topological polar surface area (TPSA) is 26.0 Å². The molecule has 20 heavy (non-hydrogen) atoms. The zero-order chi connectivity index (χ0) is 14.9. The van der Waals surface area contributed by atoms with Crippen molar-refractivity contribution in [3.8, 4) is 0 Å². The van der Waals surface area contributed by atoms with Gasteiger partial charge in [-0.05, 0) is 48.7 Å². The lowest BCUT2D eigenvalue weighted by Crippen LogP contribution is -2.35. The summed E-state index contributed by atoms with van der Waals surface area (Å²) in [7, 11) is 0. The summed E-state index contributed by atoms with van der Waals surface area (Å²) in [4.78, 5) is 0. The molecule has 0 amide bonds. The van der Waals surface area contributed by atoms with E-state index in [1.807, 2.05) is 19.1 Å². The van der Waals surface area contributed by atoms with Gasteiger partial charge in [0.1, 0.15) is 0 Å². The smallest absolute Gasteiger partial charge is 0.159 e. The Bertz CT molecular complexity index is 644. The van der Waals surface area contributed by atoms with E-state index in [9.17, 15) is 8.78 Å². The van der Waals surface area contributed by atoms with E-state index in [1.165, 1.54) is 6.07 Å². The molecule has 0 radical (unpaired) electrons. The first-order chi connectivity index (χ1) is 9.29. The zero-order valence-electron chi connectivity index (χ0n) is 10.8. The summed E-state index contributed by atoms with van der Waals surface area (Å²) < 4.78 is 27.0. The molecule has 1 atom stereocenters. The Morgan fingerprint density at radius 1 is 1.15 bits per heavy atom. The van der Waals surface area contributed by atoms with Gasteiger partial charge in [0.05, 0.1) is 0 Å². The van der Waals surface area contributed by atoms with Crippen LogP contribution in [0.5, 0.6) is 0 Å². The van der Waals surface area contributed by atoms with Crippen molar-refractivity contribution >= 4 is 27.5 Å². The van der Waals surface area contributed by atoms with E-state index in [-0.39, 0.29) is 0 Å². The van der Waals surface area contributed by atoms with Crippen molar-refractivity contribution in [1.29, 1.82) is 0 Å². The van der Waals surface area contributed by atoms with Gasteiger partial charge in [0.15, 0.2) is 11.6 Å². The summed E-state index contributed by atoms with van der Waals surface area (Å²) in [6.45, 7) is 1.81. The average Bonchev–Trinajstić information content (AvgIpc) is 2.33. The third-order valence-corrected chi connectivity index (χ3v) is 3.91.